The number of likely N-dealkylation sites (tertiary alicyclic amines) is 1. The lowest BCUT2D eigenvalue weighted by atomic mass is 10.2. The largest absolute Gasteiger partial charge is 0.480 e. The van der Waals surface area contributed by atoms with Crippen molar-refractivity contribution in [2.45, 2.75) is 24.7 Å². The van der Waals surface area contributed by atoms with Crippen molar-refractivity contribution in [3.8, 4) is 0 Å². The second-order valence-corrected chi connectivity index (χ2v) is 3.89. The minimum atomic E-state index is -1.24. The van der Waals surface area contributed by atoms with Crippen LogP contribution < -0.4 is 5.32 Å². The summed E-state index contributed by atoms with van der Waals surface area (Å²) in [5.41, 5.74) is 0. The number of aliphatic hydroxyl groups excluding tert-OH is 3. The molecule has 0 saturated carbocycles. The van der Waals surface area contributed by atoms with Gasteiger partial charge >= 0.3 is 12.0 Å². The number of carboxylic acid groups (broad SMARTS) is 1. The summed E-state index contributed by atoms with van der Waals surface area (Å²) < 4.78 is 0. The minimum Gasteiger partial charge on any atom is -0.480 e. The van der Waals surface area contributed by atoms with Crippen LogP contribution in [-0.2, 0) is 4.79 Å². The Kier molecular flexibility index (Phi) is 4.67. The van der Waals surface area contributed by atoms with Crippen LogP contribution in [0.15, 0.2) is 0 Å². The number of nitrogens with zero attached hydrogens (tertiary/aromatic N) is 1. The van der Waals surface area contributed by atoms with Crippen LogP contribution in [0.1, 0.15) is 6.42 Å². The van der Waals surface area contributed by atoms with Crippen molar-refractivity contribution >= 4 is 12.0 Å². The molecule has 0 spiro atoms. The lowest BCUT2D eigenvalue weighted by molar-refractivity contribution is -0.139. The van der Waals surface area contributed by atoms with E-state index in [1.807, 2.05) is 0 Å². The second kappa shape index (κ2) is 5.80. The van der Waals surface area contributed by atoms with Gasteiger partial charge in [0.2, 0.25) is 0 Å². The minimum absolute atomic E-state index is 0.0432. The average molecular weight is 248 g/mol. The standard InChI is InChI=1S/C9H16N2O6/c12-2-1-5(8(15)16)10-9(17)11-3-6(13)7(14)4-11/h5-7,12-14H,1-4H2,(H,10,17)(H,15,16). The van der Waals surface area contributed by atoms with Crippen LogP contribution in [0.5, 0.6) is 0 Å². The van der Waals surface area contributed by atoms with E-state index >= 15 is 0 Å². The monoisotopic (exact) mass is 248 g/mol. The number of amides is 2. The fourth-order valence-corrected chi connectivity index (χ4v) is 1.56. The number of β-amino-alcohol motifs (C(OH)–C–C–N with tert-alkyl or cyclic N) is 2. The molecule has 5 N–H and O–H groups in total. The Balaban J connectivity index is 2.50. The maximum atomic E-state index is 11.6. The Morgan fingerprint density at radius 2 is 1.82 bits per heavy atom. The van der Waals surface area contributed by atoms with Crippen LogP contribution in [0, 0.1) is 0 Å². The summed E-state index contributed by atoms with van der Waals surface area (Å²) in [4.78, 5) is 23.4. The summed E-state index contributed by atoms with van der Waals surface area (Å²) >= 11 is 0. The molecule has 1 rings (SSSR count). The molecule has 8 heteroatoms. The van der Waals surface area contributed by atoms with Crippen molar-refractivity contribution in [2.24, 2.45) is 0 Å². The molecule has 1 fully saturated rings. The van der Waals surface area contributed by atoms with E-state index in [0.717, 1.165) is 4.90 Å². The van der Waals surface area contributed by atoms with Gasteiger partial charge in [-0.05, 0) is 0 Å². The molecule has 17 heavy (non-hydrogen) atoms. The molecule has 0 aromatic rings. The number of carbonyl (C=O) groups is 2. The van der Waals surface area contributed by atoms with Gasteiger partial charge in [-0.1, -0.05) is 0 Å². The van der Waals surface area contributed by atoms with Gasteiger partial charge in [0.15, 0.2) is 0 Å². The SMILES string of the molecule is O=C(O)C(CCO)NC(=O)N1CC(O)C(O)C1. The highest BCUT2D eigenvalue weighted by Gasteiger charge is 2.33. The number of aliphatic carboxylic acids is 1. The first kappa shape index (κ1) is 13.7. The summed E-state index contributed by atoms with van der Waals surface area (Å²) in [6.45, 7) is -0.445. The molecule has 0 bridgehead atoms. The van der Waals surface area contributed by atoms with E-state index < -0.39 is 30.3 Å². The normalized spacial score (nSPS) is 25.7. The molecular formula is C9H16N2O6. The second-order valence-electron chi connectivity index (χ2n) is 3.89. The van der Waals surface area contributed by atoms with Crippen LogP contribution in [0.4, 0.5) is 4.79 Å². The highest BCUT2D eigenvalue weighted by Crippen LogP contribution is 2.10. The predicted octanol–water partition coefficient (Wildman–Crippen LogP) is -2.43. The van der Waals surface area contributed by atoms with E-state index in [1.165, 1.54) is 0 Å². The quantitative estimate of drug-likeness (QED) is 0.376. The van der Waals surface area contributed by atoms with E-state index in [4.69, 9.17) is 10.2 Å². The molecule has 0 aromatic heterocycles. The fraction of sp³-hybridized carbons (Fsp3) is 0.778. The molecule has 1 aliphatic heterocycles. The Morgan fingerprint density at radius 3 is 2.24 bits per heavy atom. The van der Waals surface area contributed by atoms with Gasteiger partial charge in [0.25, 0.3) is 0 Å². The molecule has 8 nitrogen and oxygen atoms in total. The number of urea groups is 1. The first-order chi connectivity index (χ1) is 7.95. The zero-order chi connectivity index (χ0) is 13.0. The third kappa shape index (κ3) is 3.55. The topological polar surface area (TPSA) is 130 Å². The third-order valence-corrected chi connectivity index (χ3v) is 2.56. The summed E-state index contributed by atoms with van der Waals surface area (Å²) in [6.07, 6.45) is -2.12. The molecule has 0 radical (unpaired) electrons. The van der Waals surface area contributed by atoms with Crippen molar-refractivity contribution < 1.29 is 30.0 Å². The summed E-state index contributed by atoms with van der Waals surface area (Å²) in [5.74, 6) is -1.24. The molecule has 1 aliphatic rings. The first-order valence-electron chi connectivity index (χ1n) is 5.21. The van der Waals surface area contributed by atoms with Gasteiger partial charge in [0, 0.05) is 13.0 Å². The molecular weight excluding hydrogens is 232 g/mol. The molecule has 3 atom stereocenters. The molecule has 98 valence electrons. The van der Waals surface area contributed by atoms with Crippen LogP contribution >= 0.6 is 0 Å². The number of hydrogen-bond acceptors (Lipinski definition) is 5. The van der Waals surface area contributed by atoms with E-state index in [9.17, 15) is 19.8 Å². The van der Waals surface area contributed by atoms with Crippen molar-refractivity contribution in [3.63, 3.8) is 0 Å². The van der Waals surface area contributed by atoms with E-state index in [-0.39, 0.29) is 26.1 Å². The van der Waals surface area contributed by atoms with Crippen LogP contribution in [0.25, 0.3) is 0 Å². The number of nitrogens with one attached hydrogen (secondary N) is 1. The molecule has 1 heterocycles. The van der Waals surface area contributed by atoms with Gasteiger partial charge in [0.1, 0.15) is 6.04 Å². The highest BCUT2D eigenvalue weighted by atomic mass is 16.4. The average Bonchev–Trinajstić information content (AvgIpc) is 2.58. The Hall–Kier alpha value is -1.38. The first-order valence-corrected chi connectivity index (χ1v) is 5.21. The third-order valence-electron chi connectivity index (χ3n) is 2.56. The van der Waals surface area contributed by atoms with Crippen LogP contribution in [0.3, 0.4) is 0 Å². The van der Waals surface area contributed by atoms with E-state index in [0.29, 0.717) is 0 Å². The van der Waals surface area contributed by atoms with Crippen molar-refractivity contribution in [1.82, 2.24) is 10.2 Å². The van der Waals surface area contributed by atoms with Gasteiger partial charge in [-0.15, -0.1) is 0 Å². The summed E-state index contributed by atoms with van der Waals surface area (Å²) in [6, 6.07) is -1.86. The van der Waals surface area contributed by atoms with Crippen molar-refractivity contribution in [1.29, 1.82) is 0 Å². The Morgan fingerprint density at radius 1 is 1.29 bits per heavy atom. The maximum Gasteiger partial charge on any atom is 0.326 e. The number of rotatable bonds is 4. The molecule has 0 aliphatic carbocycles. The van der Waals surface area contributed by atoms with Crippen molar-refractivity contribution in [3.05, 3.63) is 0 Å². The lowest BCUT2D eigenvalue weighted by Gasteiger charge is -2.20. The number of hydrogen-bond donors (Lipinski definition) is 5. The van der Waals surface area contributed by atoms with Crippen LogP contribution in [0.2, 0.25) is 0 Å². The van der Waals surface area contributed by atoms with Crippen LogP contribution in [-0.4, -0.2) is 75.3 Å². The molecule has 3 unspecified atom stereocenters. The Labute approximate surface area is 97.5 Å². The molecule has 1 saturated heterocycles. The zero-order valence-corrected chi connectivity index (χ0v) is 9.11. The Bertz CT molecular complexity index is 287. The van der Waals surface area contributed by atoms with E-state index in [2.05, 4.69) is 5.32 Å². The van der Waals surface area contributed by atoms with Gasteiger partial charge in [-0.2, -0.15) is 0 Å². The van der Waals surface area contributed by atoms with Crippen molar-refractivity contribution in [2.75, 3.05) is 19.7 Å². The van der Waals surface area contributed by atoms with Gasteiger partial charge < -0.3 is 30.6 Å². The number of aliphatic hydroxyl groups is 3. The fourth-order valence-electron chi connectivity index (χ4n) is 1.56. The number of carbonyl (C=O) groups excluding carboxylic acids is 1. The number of carboxylic acids is 1. The van der Waals surface area contributed by atoms with Gasteiger partial charge in [-0.3, -0.25) is 0 Å². The molecule has 2 amide bonds. The van der Waals surface area contributed by atoms with Gasteiger partial charge in [0.05, 0.1) is 25.3 Å². The highest BCUT2D eigenvalue weighted by molar-refractivity contribution is 5.82. The predicted molar refractivity (Wildman–Crippen MR) is 55.2 cm³/mol. The summed E-state index contributed by atoms with van der Waals surface area (Å²) in [7, 11) is 0. The maximum absolute atomic E-state index is 11.6. The van der Waals surface area contributed by atoms with E-state index in [1.54, 1.807) is 0 Å². The zero-order valence-electron chi connectivity index (χ0n) is 9.11. The molecule has 0 aromatic carbocycles. The van der Waals surface area contributed by atoms with Gasteiger partial charge in [-0.25, -0.2) is 9.59 Å². The smallest absolute Gasteiger partial charge is 0.326 e. The summed E-state index contributed by atoms with van der Waals surface area (Å²) in [5, 5.41) is 38.1. The lowest BCUT2D eigenvalue weighted by Crippen LogP contribution is -2.48.